The number of esters is 5. The van der Waals surface area contributed by atoms with Gasteiger partial charge in [-0.05, 0) is 161 Å². The van der Waals surface area contributed by atoms with E-state index in [0.29, 0.717) is 88.8 Å². The van der Waals surface area contributed by atoms with Gasteiger partial charge < -0.3 is 73.8 Å². The number of fused-ring (bicyclic) bond motifs is 3. The Morgan fingerprint density at radius 1 is 0.421 bits per heavy atom. The number of benzene rings is 3. The number of halogens is 1. The Labute approximate surface area is 673 Å². The number of nitrogen functional groups attached to an aromatic ring is 6. The second kappa shape index (κ2) is 43.8. The van der Waals surface area contributed by atoms with Crippen molar-refractivity contribution < 1.29 is 101 Å². The maximum atomic E-state index is 12.9. The normalized spacial score (nSPS) is 11.9. The van der Waals surface area contributed by atoms with Crippen molar-refractivity contribution in [2.24, 2.45) is 11.8 Å². The molecule has 0 saturated carbocycles. The smallest absolute Gasteiger partial charge is 0.870 e. The molecule has 6 heterocycles. The van der Waals surface area contributed by atoms with Crippen LogP contribution < -0.4 is 58.1 Å². The van der Waals surface area contributed by atoms with Crippen LogP contribution >= 0.6 is 11.8 Å². The van der Waals surface area contributed by atoms with E-state index in [1.54, 1.807) is 129 Å². The van der Waals surface area contributed by atoms with Crippen molar-refractivity contribution in [2.45, 2.75) is 175 Å². The summed E-state index contributed by atoms with van der Waals surface area (Å²) < 4.78 is 25.1. The van der Waals surface area contributed by atoms with Gasteiger partial charge in [-0.15, -0.1) is 0 Å². The number of nitrogens with zero attached hydrogens (tertiary/aromatic N) is 12. The average molecular weight is 1590 g/mol. The fraction of sp³-hybridized carbons (Fsp3) is 0.408. The largest absolute Gasteiger partial charge is 1.00 e. The maximum absolute atomic E-state index is 12.9. The fourth-order valence-electron chi connectivity index (χ4n) is 10.4. The zero-order valence-corrected chi connectivity index (χ0v) is 66.3. The summed E-state index contributed by atoms with van der Waals surface area (Å²) in [5.74, 6) is -5.70. The molecule has 0 aliphatic rings. The van der Waals surface area contributed by atoms with Gasteiger partial charge in [-0.2, -0.15) is 29.9 Å². The number of aromatic nitrogens is 12. The van der Waals surface area contributed by atoms with E-state index >= 15 is 0 Å². The van der Waals surface area contributed by atoms with E-state index in [9.17, 15) is 43.2 Å². The number of hydrogen-bond donors (Lipinski definition) is 9. The molecule has 3 atom stereocenters. The number of carbonyl (C=O) groups excluding carboxylic acids is 7. The van der Waals surface area contributed by atoms with Crippen molar-refractivity contribution in [3.8, 4) is 0 Å². The van der Waals surface area contributed by atoms with Gasteiger partial charge in [-0.3, -0.25) is 38.4 Å². The van der Waals surface area contributed by atoms with Gasteiger partial charge in [0.15, 0.2) is 62.5 Å². The van der Waals surface area contributed by atoms with Crippen LogP contribution in [0.3, 0.4) is 0 Å². The molecule has 0 unspecified atom stereocenters. The molecule has 3 aromatic carbocycles. The number of aliphatic carboxylic acids is 1. The fourth-order valence-corrected chi connectivity index (χ4v) is 10.6. The van der Waals surface area contributed by atoms with E-state index < -0.39 is 70.5 Å². The van der Waals surface area contributed by atoms with E-state index in [2.05, 4.69) is 74.1 Å². The standard InChI is InChI=1S/C26H32N6O5.C25H30N6O5.C15H14N6O2.C10H18ClNO4.Li.H2O/c1-26(2,3)37-24(35)17(10-12-20(34)36-4)13-19(33)16-8-5-15(6-9-16)7-11-18-14-29-23-21(30-18)22(27)31-25(28)32-23;1-25(2,3)36-23(35)16(9-11-19(33)34)12-18(32)15-7-4-14(5-8-15)6-10-17-13-28-22-20(29-17)21(26)30-24(27)31-22;16-12-11-13(21-15(17)20-12)18-7-10(19-11)6-3-8-1-4-9(5-2-8)14(22)23;1-10(2,3)16-9(14)7(12-11)5-6-8(13)15-4;;/h5-6,8-9,14,17H,7,10-13H2,1-4H3,(H4,27,28,29,31,32);4-5,7-8,13,16H,6,9-12H2,1-3H3,(H,33,34)(H4,26,27,28,30,31);1-2,4-5,7H,3,6H2,(H,22,23)(H4,16,17,18,20,21);7,12H,5-6H2,1-4H3;;1H2/q;;;;+1;/p-1/t17-;16-;;7-;;/m11.0../s1. The van der Waals surface area contributed by atoms with E-state index in [1.807, 2.05) is 24.3 Å². The number of Topliss-reactive ketones (excluding diaryl/α,β-unsaturated/α-hetero) is 2. The summed E-state index contributed by atoms with van der Waals surface area (Å²) in [4.78, 5) is 159. The van der Waals surface area contributed by atoms with Crippen LogP contribution in [0.25, 0.3) is 33.5 Å². The molecule has 16 N–H and O–H groups in total. The Balaban J connectivity index is 0.000000333. The maximum Gasteiger partial charge on any atom is 1.00 e. The molecule has 0 radical (unpaired) electrons. The van der Waals surface area contributed by atoms with Gasteiger partial charge in [-0.25, -0.2) is 39.5 Å². The van der Waals surface area contributed by atoms with E-state index in [4.69, 9.17) is 70.6 Å². The molecular weight excluding hydrogens is 1490 g/mol. The Kier molecular flexibility index (Phi) is 36.3. The molecule has 9 aromatic rings. The predicted molar refractivity (Wildman–Crippen MR) is 417 cm³/mol. The average Bonchev–Trinajstić information content (AvgIpc) is 0.819. The SMILES string of the molecule is CC(C)(C)OC(=O)[C@H](CCC(=O)O)CC(=O)c1ccc(CCc2cnc3nc(N)nc(N)c3n2)cc1.COC(=O)CC[C@H](CC(=O)c1ccc(CCc2cnc3nc(N)nc(N)c3n2)cc1)C(=O)OC(C)(C)C.COC(=O)CC[C@H](NCl)C(=O)OC(C)(C)C.Nc1nc(N)c2nc(CCc3ccc(C(=O)O)cc3)cnc2n1.[Li+].[OH-]. The first-order valence-corrected chi connectivity index (χ1v) is 35.7. The summed E-state index contributed by atoms with van der Waals surface area (Å²) >= 11 is 5.41. The number of aryl methyl sites for hydroxylation is 6. The zero-order chi connectivity index (χ0) is 82.8. The molecule has 38 heteroatoms. The topological polar surface area (TPSA) is 593 Å². The number of aromatic carboxylic acids is 1. The number of hydrogen-bond acceptors (Lipinski definition) is 34. The van der Waals surface area contributed by atoms with E-state index in [-0.39, 0.29) is 134 Å². The van der Waals surface area contributed by atoms with Crippen LogP contribution in [0.2, 0.25) is 0 Å². The van der Waals surface area contributed by atoms with Crippen LogP contribution in [0.5, 0.6) is 0 Å². The van der Waals surface area contributed by atoms with Gasteiger partial charge in [0.25, 0.3) is 0 Å². The van der Waals surface area contributed by atoms with Gasteiger partial charge in [0.05, 0.1) is 67.3 Å². The molecule has 0 bridgehead atoms. The first kappa shape index (κ1) is 94.5. The third-order valence-electron chi connectivity index (χ3n) is 15.9. The van der Waals surface area contributed by atoms with Crippen LogP contribution in [0.15, 0.2) is 91.4 Å². The van der Waals surface area contributed by atoms with Gasteiger partial charge in [-0.1, -0.05) is 60.7 Å². The predicted octanol–water partition coefficient (Wildman–Crippen LogP) is 4.91. The summed E-state index contributed by atoms with van der Waals surface area (Å²) in [5, 5.41) is 17.9. The quantitative estimate of drug-likeness (QED) is 0.00988. The molecular formula is C76H95ClLiN19O17. The molecule has 0 fully saturated rings. The second-order valence-electron chi connectivity index (χ2n) is 28.5. The molecule has 0 saturated heterocycles. The number of ether oxygens (including phenoxy) is 5. The number of rotatable bonds is 29. The van der Waals surface area contributed by atoms with E-state index in [0.717, 1.165) is 28.1 Å². The molecule has 36 nitrogen and oxygen atoms in total. The number of carboxylic acids is 2. The van der Waals surface area contributed by atoms with Crippen molar-refractivity contribution in [3.63, 3.8) is 0 Å². The van der Waals surface area contributed by atoms with Gasteiger partial charge in [0.2, 0.25) is 17.8 Å². The third-order valence-corrected chi connectivity index (χ3v) is 16.2. The minimum atomic E-state index is -1.03. The Hall–Kier alpha value is -11.8. The monoisotopic (exact) mass is 1590 g/mol. The molecule has 6 aromatic heterocycles. The molecule has 9 rings (SSSR count). The molecule has 0 aliphatic heterocycles. The number of nitrogens with one attached hydrogen (secondary N) is 1. The third kappa shape index (κ3) is 31.7. The van der Waals surface area contributed by atoms with Crippen LogP contribution in [0.1, 0.15) is 179 Å². The Morgan fingerprint density at radius 3 is 1.01 bits per heavy atom. The van der Waals surface area contributed by atoms with Gasteiger partial charge in [0.1, 0.15) is 22.8 Å². The van der Waals surface area contributed by atoms with Crippen LogP contribution in [0, 0.1) is 11.8 Å². The minimum Gasteiger partial charge on any atom is -0.870 e. The van der Waals surface area contributed by atoms with Gasteiger partial charge >= 0.3 is 60.6 Å². The summed E-state index contributed by atoms with van der Waals surface area (Å²) in [6, 6.07) is 20.3. The number of carbonyl (C=O) groups is 9. The molecule has 114 heavy (non-hydrogen) atoms. The van der Waals surface area contributed by atoms with Crippen LogP contribution in [-0.4, -0.2) is 166 Å². The number of methoxy groups -OCH3 is 2. The zero-order valence-electron chi connectivity index (χ0n) is 65.6. The number of anilines is 6. The Bertz CT molecular complexity index is 4820. The van der Waals surface area contributed by atoms with Crippen molar-refractivity contribution >= 4 is 134 Å². The van der Waals surface area contributed by atoms with Crippen LogP contribution in [0.4, 0.5) is 35.3 Å². The van der Waals surface area contributed by atoms with Crippen molar-refractivity contribution in [3.05, 3.63) is 142 Å². The van der Waals surface area contributed by atoms with Crippen molar-refractivity contribution in [1.29, 1.82) is 0 Å². The molecule has 604 valence electrons. The summed E-state index contributed by atoms with van der Waals surface area (Å²) in [7, 11) is 2.57. The minimum absolute atomic E-state index is 0. The van der Waals surface area contributed by atoms with Crippen LogP contribution in [-0.2, 0) is 91.0 Å². The Morgan fingerprint density at radius 2 is 0.719 bits per heavy atom. The van der Waals surface area contributed by atoms with E-state index in [1.165, 1.54) is 14.2 Å². The summed E-state index contributed by atoms with van der Waals surface area (Å²) in [6.07, 6.45) is 8.83. The molecule has 0 amide bonds. The number of carboxylic acid groups (broad SMARTS) is 2. The summed E-state index contributed by atoms with van der Waals surface area (Å²) in [5.41, 5.74) is 40.8. The molecule has 0 aliphatic carbocycles. The number of nitrogens with two attached hydrogens (primary N) is 6. The van der Waals surface area contributed by atoms with Gasteiger partial charge in [0, 0.05) is 43.2 Å². The number of ketones is 2. The first-order chi connectivity index (χ1) is 52.7. The first-order valence-electron chi connectivity index (χ1n) is 35.3. The van der Waals surface area contributed by atoms with Crippen molar-refractivity contribution in [2.75, 3.05) is 48.6 Å². The van der Waals surface area contributed by atoms with Crippen molar-refractivity contribution in [1.82, 2.24) is 64.6 Å². The summed E-state index contributed by atoms with van der Waals surface area (Å²) in [6.45, 7) is 15.7. The second-order valence-corrected chi connectivity index (χ2v) is 28.7. The molecule has 0 spiro atoms.